The molecule has 1 atom stereocenters. The molecular formula is C29H28ClN5O2S. The smallest absolute Gasteiger partial charge is 0.255 e. The molecule has 0 bridgehead atoms. The number of anilines is 2. The molecule has 7 nitrogen and oxygen atoms in total. The second-order valence-electron chi connectivity index (χ2n) is 9.19. The summed E-state index contributed by atoms with van der Waals surface area (Å²) in [7, 11) is 1.63. The van der Waals surface area contributed by atoms with Crippen molar-refractivity contribution in [3.8, 4) is 5.75 Å². The van der Waals surface area contributed by atoms with Gasteiger partial charge in [-0.05, 0) is 67.8 Å². The van der Waals surface area contributed by atoms with Crippen LogP contribution in [0.25, 0.3) is 0 Å². The van der Waals surface area contributed by atoms with Crippen LogP contribution < -0.4 is 15.4 Å². The molecule has 0 spiro atoms. The average Bonchev–Trinajstić information content (AvgIpc) is 3.30. The lowest BCUT2D eigenvalue weighted by Gasteiger charge is -2.29. The van der Waals surface area contributed by atoms with Crippen LogP contribution in [0.1, 0.15) is 35.2 Å². The molecule has 0 saturated carbocycles. The molecule has 1 aliphatic heterocycles. The molecule has 3 aromatic carbocycles. The number of aryl methyl sites for hydroxylation is 2. The summed E-state index contributed by atoms with van der Waals surface area (Å²) in [5, 5.41) is 12.5. The van der Waals surface area contributed by atoms with E-state index in [-0.39, 0.29) is 5.91 Å². The Bertz CT molecular complexity index is 1530. The predicted octanol–water partition coefficient (Wildman–Crippen LogP) is 6.78. The third kappa shape index (κ3) is 5.42. The first kappa shape index (κ1) is 25.9. The van der Waals surface area contributed by atoms with Gasteiger partial charge in [0.05, 0.1) is 12.7 Å². The number of carbonyl (C=O) groups excluding carboxylic acids is 1. The van der Waals surface area contributed by atoms with E-state index in [2.05, 4.69) is 16.7 Å². The molecule has 0 radical (unpaired) electrons. The third-order valence-corrected chi connectivity index (χ3v) is 7.54. The second kappa shape index (κ2) is 10.9. The summed E-state index contributed by atoms with van der Waals surface area (Å²) >= 11 is 7.66. The van der Waals surface area contributed by atoms with Gasteiger partial charge in [0.25, 0.3) is 5.91 Å². The first-order valence-corrected chi connectivity index (χ1v) is 13.5. The molecule has 0 aliphatic carbocycles. The maximum absolute atomic E-state index is 13.8. The number of fused-ring (bicyclic) bond motifs is 1. The largest absolute Gasteiger partial charge is 0.497 e. The molecule has 0 saturated heterocycles. The molecule has 5 rings (SSSR count). The van der Waals surface area contributed by atoms with Crippen LogP contribution >= 0.6 is 23.4 Å². The minimum Gasteiger partial charge on any atom is -0.497 e. The van der Waals surface area contributed by atoms with Crippen LogP contribution in [0.15, 0.2) is 83.2 Å². The second-order valence-corrected chi connectivity index (χ2v) is 10.6. The van der Waals surface area contributed by atoms with Gasteiger partial charge in [0.15, 0.2) is 0 Å². The molecule has 1 amide bonds. The number of aromatic nitrogens is 3. The van der Waals surface area contributed by atoms with E-state index in [1.807, 2.05) is 81.4 Å². The molecule has 2 N–H and O–H groups in total. The number of nitrogens with zero attached hydrogens (tertiary/aromatic N) is 3. The van der Waals surface area contributed by atoms with Gasteiger partial charge in [0.2, 0.25) is 11.1 Å². The van der Waals surface area contributed by atoms with Crippen molar-refractivity contribution in [2.24, 2.45) is 0 Å². The maximum atomic E-state index is 13.8. The Morgan fingerprint density at radius 1 is 1.11 bits per heavy atom. The minimum atomic E-state index is -0.476. The highest BCUT2D eigenvalue weighted by Gasteiger charge is 2.34. The fourth-order valence-electron chi connectivity index (χ4n) is 4.50. The monoisotopic (exact) mass is 545 g/mol. The van der Waals surface area contributed by atoms with Gasteiger partial charge >= 0.3 is 0 Å². The Morgan fingerprint density at radius 3 is 2.61 bits per heavy atom. The third-order valence-electron chi connectivity index (χ3n) is 6.40. The first-order valence-electron chi connectivity index (χ1n) is 12.2. The van der Waals surface area contributed by atoms with Crippen LogP contribution in [0.3, 0.4) is 0 Å². The Hall–Kier alpha value is -3.75. The SMILES string of the molecule is COc1ccc([C@H]2C(C(=O)Nc3ccc(C)cc3C)=C(C)Nc3nc(SCc4cccc(Cl)c4)nn32)cc1. The van der Waals surface area contributed by atoms with Crippen molar-refractivity contribution in [2.45, 2.75) is 37.7 Å². The van der Waals surface area contributed by atoms with Gasteiger partial charge in [-0.1, -0.05) is 65.3 Å². The standard InChI is InChI=1S/C29H28ClN5O2S/c1-17-8-13-24(18(2)14-17)32-27(36)25-19(3)31-28-33-29(38-16-20-6-5-7-22(30)15-20)34-35(28)26(25)21-9-11-23(37-4)12-10-21/h5-15,26H,16H2,1-4H3,(H,32,36)(H,31,33,34)/t26-/m0/s1. The van der Waals surface area contributed by atoms with Crippen LogP contribution in [0, 0.1) is 13.8 Å². The van der Waals surface area contributed by atoms with Gasteiger partial charge in [-0.15, -0.1) is 5.10 Å². The maximum Gasteiger partial charge on any atom is 0.255 e. The minimum absolute atomic E-state index is 0.197. The van der Waals surface area contributed by atoms with E-state index in [1.54, 1.807) is 11.8 Å². The van der Waals surface area contributed by atoms with E-state index < -0.39 is 6.04 Å². The first-order chi connectivity index (χ1) is 18.3. The van der Waals surface area contributed by atoms with E-state index >= 15 is 0 Å². The van der Waals surface area contributed by atoms with Gasteiger partial charge in [-0.25, -0.2) is 4.68 Å². The number of halogens is 1. The molecule has 0 fully saturated rings. The van der Waals surface area contributed by atoms with Gasteiger partial charge in [0, 0.05) is 22.2 Å². The summed E-state index contributed by atoms with van der Waals surface area (Å²) < 4.78 is 7.14. The molecule has 194 valence electrons. The summed E-state index contributed by atoms with van der Waals surface area (Å²) in [5.41, 5.74) is 6.19. The number of amides is 1. The van der Waals surface area contributed by atoms with Crippen molar-refractivity contribution in [3.05, 3.63) is 105 Å². The topological polar surface area (TPSA) is 81.1 Å². The number of allylic oxidation sites excluding steroid dienone is 1. The van der Waals surface area contributed by atoms with Crippen molar-refractivity contribution in [2.75, 3.05) is 17.7 Å². The van der Waals surface area contributed by atoms with Crippen molar-refractivity contribution in [1.82, 2.24) is 14.8 Å². The Labute approximate surface area is 231 Å². The van der Waals surface area contributed by atoms with Crippen LogP contribution in [0.2, 0.25) is 5.02 Å². The van der Waals surface area contributed by atoms with Gasteiger partial charge in [-0.3, -0.25) is 4.79 Å². The fraction of sp³-hybridized carbons (Fsp3) is 0.207. The van der Waals surface area contributed by atoms with Crippen LogP contribution in [0.4, 0.5) is 11.6 Å². The lowest BCUT2D eigenvalue weighted by atomic mass is 9.94. The number of ether oxygens (including phenoxy) is 1. The van der Waals surface area contributed by atoms with E-state index in [4.69, 9.17) is 26.4 Å². The number of benzene rings is 3. The van der Waals surface area contributed by atoms with Crippen molar-refractivity contribution < 1.29 is 9.53 Å². The zero-order chi connectivity index (χ0) is 26.8. The number of hydrogen-bond donors (Lipinski definition) is 2. The predicted molar refractivity (Wildman–Crippen MR) is 153 cm³/mol. The van der Waals surface area contributed by atoms with E-state index in [9.17, 15) is 4.79 Å². The lowest BCUT2D eigenvalue weighted by Crippen LogP contribution is -2.31. The number of nitrogens with one attached hydrogen (secondary N) is 2. The Balaban J connectivity index is 1.49. The van der Waals surface area contributed by atoms with Gasteiger partial charge in [0.1, 0.15) is 11.8 Å². The summed E-state index contributed by atoms with van der Waals surface area (Å²) in [6, 6.07) is 20.9. The summed E-state index contributed by atoms with van der Waals surface area (Å²) in [6.07, 6.45) is 0. The number of methoxy groups -OCH3 is 1. The summed E-state index contributed by atoms with van der Waals surface area (Å²) in [6.45, 7) is 5.91. The van der Waals surface area contributed by atoms with Crippen molar-refractivity contribution >= 4 is 40.9 Å². The molecular weight excluding hydrogens is 518 g/mol. The van der Waals surface area contributed by atoms with E-state index in [1.165, 1.54) is 11.8 Å². The highest BCUT2D eigenvalue weighted by Crippen LogP contribution is 2.37. The zero-order valence-electron chi connectivity index (χ0n) is 21.6. The molecule has 2 heterocycles. The number of rotatable bonds is 7. The fourth-order valence-corrected chi connectivity index (χ4v) is 5.48. The molecule has 1 aromatic heterocycles. The van der Waals surface area contributed by atoms with E-state index in [0.29, 0.717) is 27.5 Å². The van der Waals surface area contributed by atoms with Gasteiger partial charge in [-0.2, -0.15) is 4.98 Å². The average molecular weight is 546 g/mol. The number of thioether (sulfide) groups is 1. The van der Waals surface area contributed by atoms with Crippen LogP contribution in [-0.4, -0.2) is 27.8 Å². The highest BCUT2D eigenvalue weighted by atomic mass is 35.5. The normalized spacial score (nSPS) is 14.6. The lowest BCUT2D eigenvalue weighted by molar-refractivity contribution is -0.113. The summed E-state index contributed by atoms with van der Waals surface area (Å²) in [4.78, 5) is 18.5. The van der Waals surface area contributed by atoms with Crippen molar-refractivity contribution in [1.29, 1.82) is 0 Å². The van der Waals surface area contributed by atoms with Crippen LogP contribution in [0.5, 0.6) is 5.75 Å². The number of carbonyl (C=O) groups is 1. The molecule has 9 heteroatoms. The summed E-state index contributed by atoms with van der Waals surface area (Å²) in [5.74, 6) is 1.79. The Morgan fingerprint density at radius 2 is 1.89 bits per heavy atom. The molecule has 4 aromatic rings. The molecule has 0 unspecified atom stereocenters. The number of hydrogen-bond acceptors (Lipinski definition) is 6. The Kier molecular flexibility index (Phi) is 7.44. The quantitative estimate of drug-likeness (QED) is 0.249. The zero-order valence-corrected chi connectivity index (χ0v) is 23.2. The molecule has 38 heavy (non-hydrogen) atoms. The van der Waals surface area contributed by atoms with E-state index in [0.717, 1.165) is 39.4 Å². The van der Waals surface area contributed by atoms with Crippen molar-refractivity contribution in [3.63, 3.8) is 0 Å². The van der Waals surface area contributed by atoms with Crippen LogP contribution in [-0.2, 0) is 10.5 Å². The van der Waals surface area contributed by atoms with Gasteiger partial charge < -0.3 is 15.4 Å². The molecule has 1 aliphatic rings. The highest BCUT2D eigenvalue weighted by molar-refractivity contribution is 7.98.